The molecule has 2 fully saturated rings. The topological polar surface area (TPSA) is 98.8 Å². The quantitative estimate of drug-likeness (QED) is 0.606. The summed E-state index contributed by atoms with van der Waals surface area (Å²) in [6.45, 7) is 4.01. The second kappa shape index (κ2) is 11.7. The molecule has 0 aromatic heterocycles. The fourth-order valence-corrected chi connectivity index (χ4v) is 5.80. The highest BCUT2D eigenvalue weighted by Crippen LogP contribution is 2.19. The van der Waals surface area contributed by atoms with Crippen molar-refractivity contribution in [3.8, 4) is 0 Å². The largest absolute Gasteiger partial charge is 0.341 e. The van der Waals surface area contributed by atoms with Gasteiger partial charge >= 0.3 is 6.03 Å². The summed E-state index contributed by atoms with van der Waals surface area (Å²) in [6.07, 6.45) is 7.17. The van der Waals surface area contributed by atoms with E-state index >= 15 is 0 Å². The standard InChI is InChI=1S/C23H36N4O4S/c1-19-10-12-21(13-11-19)32(30,31)27-16-6-15-26(17-18-27)22(28)9-5-14-24-23(29)25-20-7-3-2-4-8-20/h10-13,20H,2-9,14-18H2,1H3,(H2,24,25,29). The van der Waals surface area contributed by atoms with Crippen molar-refractivity contribution >= 4 is 22.0 Å². The molecule has 0 unspecified atom stereocenters. The third-order valence-electron chi connectivity index (χ3n) is 6.26. The van der Waals surface area contributed by atoms with Crippen LogP contribution in [0.25, 0.3) is 0 Å². The minimum absolute atomic E-state index is 0.00840. The molecule has 3 rings (SSSR count). The molecular weight excluding hydrogens is 428 g/mol. The van der Waals surface area contributed by atoms with E-state index in [1.54, 1.807) is 29.2 Å². The fourth-order valence-electron chi connectivity index (χ4n) is 4.33. The molecule has 1 aromatic carbocycles. The van der Waals surface area contributed by atoms with Crippen LogP contribution in [-0.4, -0.2) is 68.3 Å². The summed E-state index contributed by atoms with van der Waals surface area (Å²) < 4.78 is 27.3. The van der Waals surface area contributed by atoms with E-state index in [9.17, 15) is 18.0 Å². The summed E-state index contributed by atoms with van der Waals surface area (Å²) in [5, 5.41) is 5.85. The van der Waals surface area contributed by atoms with Crippen LogP contribution in [0.4, 0.5) is 4.79 Å². The molecule has 1 aliphatic heterocycles. The second-order valence-corrected chi connectivity index (χ2v) is 10.7. The molecule has 32 heavy (non-hydrogen) atoms. The summed E-state index contributed by atoms with van der Waals surface area (Å²) in [7, 11) is -3.55. The monoisotopic (exact) mass is 464 g/mol. The van der Waals surface area contributed by atoms with Crippen molar-refractivity contribution in [2.24, 2.45) is 0 Å². The zero-order valence-electron chi connectivity index (χ0n) is 19.0. The molecule has 0 spiro atoms. The Bertz CT molecular complexity index is 866. The zero-order valence-corrected chi connectivity index (χ0v) is 19.8. The maximum Gasteiger partial charge on any atom is 0.315 e. The third-order valence-corrected chi connectivity index (χ3v) is 8.17. The Morgan fingerprint density at radius 1 is 0.969 bits per heavy atom. The van der Waals surface area contributed by atoms with E-state index in [0.29, 0.717) is 56.9 Å². The minimum atomic E-state index is -3.55. The van der Waals surface area contributed by atoms with Crippen LogP contribution in [-0.2, 0) is 14.8 Å². The van der Waals surface area contributed by atoms with Gasteiger partial charge in [-0.3, -0.25) is 4.79 Å². The lowest BCUT2D eigenvalue weighted by Crippen LogP contribution is -2.43. The smallest absolute Gasteiger partial charge is 0.315 e. The van der Waals surface area contributed by atoms with Crippen LogP contribution in [0.3, 0.4) is 0 Å². The van der Waals surface area contributed by atoms with Gasteiger partial charge in [-0.2, -0.15) is 4.31 Å². The summed E-state index contributed by atoms with van der Waals surface area (Å²) in [5.74, 6) is 0.00840. The minimum Gasteiger partial charge on any atom is -0.341 e. The van der Waals surface area contributed by atoms with Gasteiger partial charge in [0.05, 0.1) is 4.90 Å². The van der Waals surface area contributed by atoms with Gasteiger partial charge in [-0.25, -0.2) is 13.2 Å². The Morgan fingerprint density at radius 2 is 1.69 bits per heavy atom. The van der Waals surface area contributed by atoms with Crippen molar-refractivity contribution in [1.82, 2.24) is 19.8 Å². The number of hydrogen-bond acceptors (Lipinski definition) is 4. The predicted octanol–water partition coefficient (Wildman–Crippen LogP) is 2.63. The molecule has 0 atom stereocenters. The molecule has 2 aliphatic rings. The maximum absolute atomic E-state index is 12.9. The van der Waals surface area contributed by atoms with Crippen LogP contribution in [0.2, 0.25) is 0 Å². The van der Waals surface area contributed by atoms with Gasteiger partial charge < -0.3 is 15.5 Å². The molecule has 1 saturated carbocycles. The zero-order chi connectivity index (χ0) is 23.0. The first-order valence-corrected chi connectivity index (χ1v) is 13.2. The van der Waals surface area contributed by atoms with Crippen LogP contribution in [0.15, 0.2) is 29.2 Å². The predicted molar refractivity (Wildman–Crippen MR) is 124 cm³/mol. The summed E-state index contributed by atoms with van der Waals surface area (Å²) in [4.78, 5) is 26.6. The second-order valence-electron chi connectivity index (χ2n) is 8.79. The summed E-state index contributed by atoms with van der Waals surface area (Å²) in [6, 6.07) is 6.97. The average Bonchev–Trinajstić information content (AvgIpc) is 3.05. The molecule has 0 bridgehead atoms. The molecule has 1 aliphatic carbocycles. The summed E-state index contributed by atoms with van der Waals surface area (Å²) in [5.41, 5.74) is 1.01. The Morgan fingerprint density at radius 3 is 2.41 bits per heavy atom. The van der Waals surface area contributed by atoms with E-state index in [4.69, 9.17) is 0 Å². The van der Waals surface area contributed by atoms with Crippen molar-refractivity contribution in [2.75, 3.05) is 32.7 Å². The Hall–Kier alpha value is -2.13. The van der Waals surface area contributed by atoms with Crippen molar-refractivity contribution in [3.05, 3.63) is 29.8 Å². The molecule has 1 saturated heterocycles. The first kappa shape index (κ1) is 24.5. The SMILES string of the molecule is Cc1ccc(S(=O)(=O)N2CCCN(C(=O)CCCNC(=O)NC3CCCCC3)CC2)cc1. The highest BCUT2D eigenvalue weighted by Gasteiger charge is 2.28. The van der Waals surface area contributed by atoms with E-state index < -0.39 is 10.0 Å². The number of nitrogens with zero attached hydrogens (tertiary/aromatic N) is 2. The summed E-state index contributed by atoms with van der Waals surface area (Å²) >= 11 is 0. The van der Waals surface area contributed by atoms with Crippen LogP contribution in [0.5, 0.6) is 0 Å². The first-order chi connectivity index (χ1) is 15.4. The number of carbonyl (C=O) groups excluding carboxylic acids is 2. The van der Waals surface area contributed by atoms with Gasteiger partial charge in [0.25, 0.3) is 0 Å². The lowest BCUT2D eigenvalue weighted by molar-refractivity contribution is -0.131. The van der Waals surface area contributed by atoms with Crippen molar-refractivity contribution in [3.63, 3.8) is 0 Å². The molecule has 1 heterocycles. The molecular formula is C23H36N4O4S. The van der Waals surface area contributed by atoms with E-state index in [-0.39, 0.29) is 18.0 Å². The number of rotatable bonds is 7. The lowest BCUT2D eigenvalue weighted by atomic mass is 9.96. The Labute approximate surface area is 191 Å². The molecule has 2 N–H and O–H groups in total. The maximum atomic E-state index is 12.9. The number of carbonyl (C=O) groups is 2. The number of amides is 3. The number of nitrogens with one attached hydrogen (secondary N) is 2. The van der Waals surface area contributed by atoms with Crippen LogP contribution in [0.1, 0.15) is 56.9 Å². The normalized spacial score (nSPS) is 18.7. The first-order valence-electron chi connectivity index (χ1n) is 11.8. The van der Waals surface area contributed by atoms with Crippen LogP contribution in [0, 0.1) is 6.92 Å². The number of urea groups is 1. The van der Waals surface area contributed by atoms with Crippen molar-refractivity contribution in [2.45, 2.75) is 69.2 Å². The molecule has 0 radical (unpaired) electrons. The molecule has 178 valence electrons. The lowest BCUT2D eigenvalue weighted by Gasteiger charge is -2.23. The Balaban J connectivity index is 1.39. The van der Waals surface area contributed by atoms with E-state index in [1.165, 1.54) is 23.6 Å². The molecule has 9 heteroatoms. The van der Waals surface area contributed by atoms with Gasteiger partial charge in [0.1, 0.15) is 0 Å². The van der Waals surface area contributed by atoms with E-state index in [2.05, 4.69) is 10.6 Å². The average molecular weight is 465 g/mol. The number of benzene rings is 1. The van der Waals surface area contributed by atoms with Gasteiger partial charge in [-0.05, 0) is 44.7 Å². The van der Waals surface area contributed by atoms with Gasteiger partial charge in [-0.1, -0.05) is 37.0 Å². The highest BCUT2D eigenvalue weighted by molar-refractivity contribution is 7.89. The van der Waals surface area contributed by atoms with E-state index in [0.717, 1.165) is 18.4 Å². The Kier molecular flexibility index (Phi) is 8.92. The van der Waals surface area contributed by atoms with Crippen molar-refractivity contribution < 1.29 is 18.0 Å². The van der Waals surface area contributed by atoms with Gasteiger partial charge in [0.15, 0.2) is 0 Å². The molecule has 1 aromatic rings. The fraction of sp³-hybridized carbons (Fsp3) is 0.652. The van der Waals surface area contributed by atoms with Gasteiger partial charge in [0.2, 0.25) is 15.9 Å². The van der Waals surface area contributed by atoms with Crippen LogP contribution >= 0.6 is 0 Å². The van der Waals surface area contributed by atoms with Gasteiger partial charge in [-0.15, -0.1) is 0 Å². The molecule has 3 amide bonds. The van der Waals surface area contributed by atoms with Crippen LogP contribution < -0.4 is 10.6 Å². The van der Waals surface area contributed by atoms with E-state index in [1.807, 2.05) is 6.92 Å². The highest BCUT2D eigenvalue weighted by atomic mass is 32.2. The third kappa shape index (κ3) is 6.93. The van der Waals surface area contributed by atoms with Crippen molar-refractivity contribution in [1.29, 1.82) is 0 Å². The number of hydrogen-bond donors (Lipinski definition) is 2. The van der Waals surface area contributed by atoms with Gasteiger partial charge in [0, 0.05) is 45.2 Å². The number of sulfonamides is 1. The number of aryl methyl sites for hydroxylation is 1. The molecule has 8 nitrogen and oxygen atoms in total.